The second kappa shape index (κ2) is 12.5. The van der Waals surface area contributed by atoms with Crippen molar-refractivity contribution in [3.8, 4) is 22.5 Å². The molecule has 0 radical (unpaired) electrons. The summed E-state index contributed by atoms with van der Waals surface area (Å²) in [4.78, 5) is 2.37. The van der Waals surface area contributed by atoms with Crippen molar-refractivity contribution in [3.63, 3.8) is 0 Å². The Morgan fingerprint density at radius 1 is 0.370 bits per heavy atom. The average molecular weight is 694 g/mol. The van der Waals surface area contributed by atoms with Gasteiger partial charge in [0.2, 0.25) is 0 Å². The number of rotatable bonds is 5. The fraction of sp³-hybridized carbons (Fsp3) is 0.0769. The molecule has 258 valence electrons. The number of hydrogen-bond donors (Lipinski definition) is 0. The standard InChI is InChI=1S/C52H39NO/c1-52(2,3)50-48-17-8-9-18-49(48)54-51(50)40-13-10-14-42(33-40)53(43-28-30-47-39(32-43)22-20-36-12-5-7-16-45(36)47)41-26-23-34(24-27-41)37-25-29-46-38(31-37)21-19-35-11-4-6-15-44(35)46/h4-33H,1-3H3. The van der Waals surface area contributed by atoms with E-state index in [0.29, 0.717) is 0 Å². The number of anilines is 3. The summed E-state index contributed by atoms with van der Waals surface area (Å²) < 4.78 is 6.66. The molecule has 9 aromatic carbocycles. The van der Waals surface area contributed by atoms with Crippen LogP contribution in [-0.4, -0.2) is 0 Å². The molecule has 2 heteroatoms. The quantitative estimate of drug-likeness (QED) is 0.167. The molecule has 0 aliphatic carbocycles. The van der Waals surface area contributed by atoms with Crippen molar-refractivity contribution in [2.45, 2.75) is 26.2 Å². The van der Waals surface area contributed by atoms with Crippen molar-refractivity contribution in [2.75, 3.05) is 4.90 Å². The van der Waals surface area contributed by atoms with Crippen LogP contribution in [0.3, 0.4) is 0 Å². The van der Waals surface area contributed by atoms with Gasteiger partial charge in [0.25, 0.3) is 0 Å². The summed E-state index contributed by atoms with van der Waals surface area (Å²) in [5.74, 6) is 0.926. The highest BCUT2D eigenvalue weighted by Crippen LogP contribution is 2.44. The van der Waals surface area contributed by atoms with Crippen LogP contribution in [0.1, 0.15) is 26.3 Å². The van der Waals surface area contributed by atoms with E-state index in [-0.39, 0.29) is 5.41 Å². The van der Waals surface area contributed by atoms with Crippen LogP contribution >= 0.6 is 0 Å². The molecule has 1 aromatic heterocycles. The molecule has 0 N–H and O–H groups in total. The van der Waals surface area contributed by atoms with Gasteiger partial charge in [0.15, 0.2) is 0 Å². The fourth-order valence-corrected chi connectivity index (χ4v) is 8.36. The summed E-state index contributed by atoms with van der Waals surface area (Å²) in [6.45, 7) is 6.80. The minimum atomic E-state index is -0.107. The van der Waals surface area contributed by atoms with Crippen LogP contribution < -0.4 is 4.90 Å². The number of para-hydroxylation sites is 1. The summed E-state index contributed by atoms with van der Waals surface area (Å²) in [5.41, 5.74) is 8.74. The first kappa shape index (κ1) is 32.0. The third-order valence-corrected chi connectivity index (χ3v) is 10.9. The van der Waals surface area contributed by atoms with Crippen LogP contribution in [0.2, 0.25) is 0 Å². The van der Waals surface area contributed by atoms with E-state index in [2.05, 4.69) is 202 Å². The van der Waals surface area contributed by atoms with Crippen molar-refractivity contribution in [1.82, 2.24) is 0 Å². The Kier molecular flexibility index (Phi) is 7.42. The second-order valence-electron chi connectivity index (χ2n) is 15.4. The fourth-order valence-electron chi connectivity index (χ4n) is 8.36. The topological polar surface area (TPSA) is 16.4 Å². The van der Waals surface area contributed by atoms with E-state index in [4.69, 9.17) is 4.42 Å². The maximum absolute atomic E-state index is 6.66. The van der Waals surface area contributed by atoms with Crippen LogP contribution in [0.25, 0.3) is 76.5 Å². The molecular formula is C52H39NO. The molecule has 2 nitrogen and oxygen atoms in total. The summed E-state index contributed by atoms with van der Waals surface area (Å²) >= 11 is 0. The lowest BCUT2D eigenvalue weighted by Crippen LogP contribution is -2.12. The van der Waals surface area contributed by atoms with Gasteiger partial charge in [-0.2, -0.15) is 0 Å². The summed E-state index contributed by atoms with van der Waals surface area (Å²) in [5, 5.41) is 11.2. The van der Waals surface area contributed by atoms with Gasteiger partial charge in [-0.15, -0.1) is 0 Å². The molecule has 10 aromatic rings. The Morgan fingerprint density at radius 2 is 0.907 bits per heavy atom. The molecule has 0 aliphatic heterocycles. The zero-order valence-corrected chi connectivity index (χ0v) is 30.7. The smallest absolute Gasteiger partial charge is 0.139 e. The number of hydrogen-bond acceptors (Lipinski definition) is 2. The molecule has 0 saturated heterocycles. The van der Waals surface area contributed by atoms with Gasteiger partial charge in [0.1, 0.15) is 11.3 Å². The molecule has 1 heterocycles. The van der Waals surface area contributed by atoms with Crippen LogP contribution in [0, 0.1) is 0 Å². The van der Waals surface area contributed by atoms with Gasteiger partial charge >= 0.3 is 0 Å². The predicted molar refractivity (Wildman–Crippen MR) is 230 cm³/mol. The van der Waals surface area contributed by atoms with Crippen molar-refractivity contribution >= 4 is 71.1 Å². The lowest BCUT2D eigenvalue weighted by atomic mass is 9.83. The van der Waals surface area contributed by atoms with Crippen molar-refractivity contribution < 1.29 is 4.42 Å². The normalized spacial score (nSPS) is 12.0. The third kappa shape index (κ3) is 5.42. The van der Waals surface area contributed by atoms with E-state index in [1.165, 1.54) is 65.2 Å². The summed E-state index contributed by atoms with van der Waals surface area (Å²) in [7, 11) is 0. The lowest BCUT2D eigenvalue weighted by Gasteiger charge is -2.27. The minimum absolute atomic E-state index is 0.107. The lowest BCUT2D eigenvalue weighted by molar-refractivity contribution is 0.568. The predicted octanol–water partition coefficient (Wildman–Crippen LogP) is 15.1. The molecule has 10 rings (SSSR count). The third-order valence-electron chi connectivity index (χ3n) is 10.9. The maximum atomic E-state index is 6.66. The van der Waals surface area contributed by atoms with Gasteiger partial charge in [-0.05, 0) is 108 Å². The van der Waals surface area contributed by atoms with Gasteiger partial charge in [-0.25, -0.2) is 0 Å². The number of nitrogens with zero attached hydrogens (tertiary/aromatic N) is 1. The van der Waals surface area contributed by atoms with E-state index >= 15 is 0 Å². The van der Waals surface area contributed by atoms with Gasteiger partial charge in [0.05, 0.1) is 0 Å². The molecule has 0 amide bonds. The maximum Gasteiger partial charge on any atom is 0.139 e. The van der Waals surface area contributed by atoms with Gasteiger partial charge in [-0.3, -0.25) is 0 Å². The van der Waals surface area contributed by atoms with E-state index in [0.717, 1.165) is 34.0 Å². The molecule has 0 spiro atoms. The monoisotopic (exact) mass is 693 g/mol. The van der Waals surface area contributed by atoms with Crippen LogP contribution in [-0.2, 0) is 5.41 Å². The van der Waals surface area contributed by atoms with Gasteiger partial charge < -0.3 is 9.32 Å². The van der Waals surface area contributed by atoms with E-state index in [1.807, 2.05) is 6.07 Å². The van der Waals surface area contributed by atoms with E-state index < -0.39 is 0 Å². The molecule has 0 fully saturated rings. The summed E-state index contributed by atoms with van der Waals surface area (Å²) in [6.07, 6.45) is 0. The molecule has 0 atom stereocenters. The number of fused-ring (bicyclic) bond motifs is 7. The van der Waals surface area contributed by atoms with Crippen molar-refractivity contribution in [1.29, 1.82) is 0 Å². The Bertz CT molecular complexity index is 3030. The zero-order chi connectivity index (χ0) is 36.4. The van der Waals surface area contributed by atoms with Crippen LogP contribution in [0.4, 0.5) is 17.1 Å². The number of furan rings is 1. The first-order valence-electron chi connectivity index (χ1n) is 18.8. The molecule has 0 saturated carbocycles. The molecule has 54 heavy (non-hydrogen) atoms. The molecule has 0 unspecified atom stereocenters. The Balaban J connectivity index is 1.11. The molecule has 0 aliphatic rings. The first-order valence-corrected chi connectivity index (χ1v) is 18.8. The van der Waals surface area contributed by atoms with E-state index in [9.17, 15) is 0 Å². The highest BCUT2D eigenvalue weighted by Gasteiger charge is 2.26. The van der Waals surface area contributed by atoms with Gasteiger partial charge in [-0.1, -0.05) is 154 Å². The molecular weight excluding hydrogens is 655 g/mol. The minimum Gasteiger partial charge on any atom is -0.456 e. The van der Waals surface area contributed by atoms with Crippen LogP contribution in [0.5, 0.6) is 0 Å². The highest BCUT2D eigenvalue weighted by atomic mass is 16.3. The zero-order valence-electron chi connectivity index (χ0n) is 30.7. The Hall–Kier alpha value is -6.64. The average Bonchev–Trinajstić information content (AvgIpc) is 3.62. The van der Waals surface area contributed by atoms with Crippen molar-refractivity contribution in [2.24, 2.45) is 0 Å². The highest BCUT2D eigenvalue weighted by molar-refractivity contribution is 6.09. The first-order chi connectivity index (χ1) is 26.4. The van der Waals surface area contributed by atoms with E-state index in [1.54, 1.807) is 0 Å². The second-order valence-corrected chi connectivity index (χ2v) is 15.4. The molecule has 0 bridgehead atoms. The number of benzene rings is 9. The summed E-state index contributed by atoms with van der Waals surface area (Å²) in [6, 6.07) is 66.0. The van der Waals surface area contributed by atoms with Crippen molar-refractivity contribution in [3.05, 3.63) is 188 Å². The Labute approximate surface area is 315 Å². The largest absolute Gasteiger partial charge is 0.456 e. The van der Waals surface area contributed by atoms with Gasteiger partial charge in [0, 0.05) is 33.6 Å². The Morgan fingerprint density at radius 3 is 1.61 bits per heavy atom. The SMILES string of the molecule is CC(C)(C)c1c(-c2cccc(N(c3ccc(-c4ccc5c(ccc6ccccc65)c4)cc3)c3ccc4c(ccc5ccccc54)c3)c2)oc2ccccc12. The van der Waals surface area contributed by atoms with Crippen LogP contribution in [0.15, 0.2) is 186 Å².